The number of benzene rings is 1. The number of nitrogens with one attached hydrogen (secondary N) is 1. The highest BCUT2D eigenvalue weighted by atomic mass is 32.2. The normalized spacial score (nSPS) is 18.7. The average Bonchev–Trinajstić information content (AvgIpc) is 3.42. The predicted molar refractivity (Wildman–Crippen MR) is 113 cm³/mol. The van der Waals surface area contributed by atoms with Crippen LogP contribution < -0.4 is 10.5 Å². The van der Waals surface area contributed by atoms with Gasteiger partial charge in [-0.3, -0.25) is 8.98 Å². The Bertz CT molecular complexity index is 1160. The van der Waals surface area contributed by atoms with Gasteiger partial charge >= 0.3 is 10.3 Å². The van der Waals surface area contributed by atoms with Crippen molar-refractivity contribution in [1.82, 2.24) is 9.97 Å². The first-order valence-corrected chi connectivity index (χ1v) is 11.3. The van der Waals surface area contributed by atoms with Crippen molar-refractivity contribution < 1.29 is 21.8 Å². The van der Waals surface area contributed by atoms with Crippen molar-refractivity contribution in [3.05, 3.63) is 66.3 Å². The fraction of sp³-hybridized carbons (Fsp3) is 0.286. The smallest absolute Gasteiger partial charge is 0.333 e. The number of aromatic nitrogens is 2. The lowest BCUT2D eigenvalue weighted by Gasteiger charge is -2.15. The van der Waals surface area contributed by atoms with Crippen molar-refractivity contribution in [3.63, 3.8) is 0 Å². The summed E-state index contributed by atoms with van der Waals surface area (Å²) in [5.74, 6) is 0.940. The molecule has 162 valence electrons. The number of nitrogens with two attached hydrogens (primary N) is 1. The summed E-state index contributed by atoms with van der Waals surface area (Å²) in [6.07, 6.45) is 5.06. The van der Waals surface area contributed by atoms with Crippen LogP contribution >= 0.6 is 0 Å². The highest BCUT2D eigenvalue weighted by Crippen LogP contribution is 2.30. The lowest BCUT2D eigenvalue weighted by Crippen LogP contribution is -2.22. The molecule has 0 spiro atoms. The third kappa shape index (κ3) is 5.35. The van der Waals surface area contributed by atoms with Gasteiger partial charge in [-0.2, -0.15) is 8.42 Å². The Kier molecular flexibility index (Phi) is 6.12. The van der Waals surface area contributed by atoms with E-state index in [1.165, 1.54) is 12.5 Å². The van der Waals surface area contributed by atoms with Gasteiger partial charge in [0.1, 0.15) is 17.9 Å². The van der Waals surface area contributed by atoms with Crippen molar-refractivity contribution >= 4 is 21.9 Å². The number of nitrogens with zero attached hydrogens (tertiary/aromatic N) is 2. The summed E-state index contributed by atoms with van der Waals surface area (Å²) < 4.78 is 32.4. The van der Waals surface area contributed by atoms with Crippen molar-refractivity contribution in [3.8, 4) is 11.3 Å². The second-order valence-corrected chi connectivity index (χ2v) is 8.66. The average molecular weight is 442 g/mol. The maximum Gasteiger partial charge on any atom is 0.333 e. The fourth-order valence-electron chi connectivity index (χ4n) is 3.70. The number of hydrogen-bond acceptors (Lipinski definition) is 8. The molecule has 9 nitrogen and oxygen atoms in total. The summed E-state index contributed by atoms with van der Waals surface area (Å²) in [6, 6.07) is 12.9. The standard InChI is InChI=1S/C21H22N4O5S/c22-31(27,28)29-12-14-6-7-16(10-14)25-21-17(11-23-13-24-21)20(26)19-9-8-18(30-19)15-4-2-1-3-5-15/h1-5,8-9,11,13-14,16H,6-7,10,12H2,(H2,22,27,28)(H,23,24,25)/t14-,16+/m1/s1. The van der Waals surface area contributed by atoms with Gasteiger partial charge in [0.25, 0.3) is 0 Å². The lowest BCUT2D eigenvalue weighted by molar-refractivity contribution is 0.101. The summed E-state index contributed by atoms with van der Waals surface area (Å²) in [5.41, 5.74) is 1.18. The number of hydrogen-bond donors (Lipinski definition) is 2. The monoisotopic (exact) mass is 442 g/mol. The zero-order valence-corrected chi connectivity index (χ0v) is 17.4. The molecular formula is C21H22N4O5S. The van der Waals surface area contributed by atoms with E-state index < -0.39 is 10.3 Å². The molecule has 2 aromatic heterocycles. The minimum absolute atomic E-state index is 0.0204. The number of ketones is 1. The molecule has 2 atom stereocenters. The van der Waals surface area contributed by atoms with E-state index in [2.05, 4.69) is 15.3 Å². The molecule has 2 heterocycles. The summed E-state index contributed by atoms with van der Waals surface area (Å²) in [4.78, 5) is 21.3. The Balaban J connectivity index is 1.46. The molecule has 0 bridgehead atoms. The van der Waals surface area contributed by atoms with Crippen LogP contribution in [0.15, 0.2) is 59.4 Å². The third-order valence-electron chi connectivity index (χ3n) is 5.20. The van der Waals surface area contributed by atoms with Crippen molar-refractivity contribution in [2.24, 2.45) is 11.1 Å². The minimum atomic E-state index is -3.95. The molecule has 3 N–H and O–H groups in total. The van der Waals surface area contributed by atoms with Crippen LogP contribution in [0.5, 0.6) is 0 Å². The number of anilines is 1. The van der Waals surface area contributed by atoms with Crippen LogP contribution in [-0.2, 0) is 14.5 Å². The van der Waals surface area contributed by atoms with Gasteiger partial charge in [-0.1, -0.05) is 30.3 Å². The largest absolute Gasteiger partial charge is 0.453 e. The molecule has 1 aliphatic rings. The summed E-state index contributed by atoms with van der Waals surface area (Å²) in [5, 5.41) is 8.17. The second kappa shape index (κ2) is 8.96. The van der Waals surface area contributed by atoms with E-state index in [9.17, 15) is 13.2 Å². The Morgan fingerprint density at radius 3 is 2.77 bits per heavy atom. The third-order valence-corrected chi connectivity index (χ3v) is 5.66. The van der Waals surface area contributed by atoms with Gasteiger partial charge in [-0.25, -0.2) is 15.1 Å². The van der Waals surface area contributed by atoms with E-state index in [1.54, 1.807) is 12.1 Å². The molecule has 0 aliphatic heterocycles. The lowest BCUT2D eigenvalue weighted by atomic mass is 10.1. The number of carbonyl (C=O) groups is 1. The first kappa shape index (κ1) is 21.2. The van der Waals surface area contributed by atoms with Crippen LogP contribution in [0.25, 0.3) is 11.3 Å². The first-order valence-electron chi connectivity index (χ1n) is 9.82. The summed E-state index contributed by atoms with van der Waals surface area (Å²) in [7, 11) is -3.95. The van der Waals surface area contributed by atoms with Gasteiger partial charge in [-0.05, 0) is 37.3 Å². The Labute approximate surface area is 179 Å². The quantitative estimate of drug-likeness (QED) is 0.508. The van der Waals surface area contributed by atoms with E-state index in [-0.39, 0.29) is 30.1 Å². The molecule has 1 aromatic carbocycles. The summed E-state index contributed by atoms with van der Waals surface area (Å²) >= 11 is 0. The molecule has 0 saturated heterocycles. The van der Waals surface area contributed by atoms with Crippen LogP contribution in [0.2, 0.25) is 0 Å². The number of carbonyl (C=O) groups excluding carboxylic acids is 1. The zero-order chi connectivity index (χ0) is 21.8. The van der Waals surface area contributed by atoms with Crippen LogP contribution in [-0.4, -0.2) is 36.8 Å². The maximum absolute atomic E-state index is 13.0. The van der Waals surface area contributed by atoms with Crippen LogP contribution in [0.4, 0.5) is 5.82 Å². The van der Waals surface area contributed by atoms with E-state index in [0.29, 0.717) is 23.6 Å². The molecular weight excluding hydrogens is 420 g/mol. The molecule has 4 rings (SSSR count). The Morgan fingerprint density at radius 2 is 2.00 bits per heavy atom. The van der Waals surface area contributed by atoms with Gasteiger partial charge in [0.05, 0.1) is 12.2 Å². The highest BCUT2D eigenvalue weighted by molar-refractivity contribution is 7.84. The van der Waals surface area contributed by atoms with E-state index >= 15 is 0 Å². The molecule has 1 fully saturated rings. The SMILES string of the molecule is NS(=O)(=O)OC[C@@H]1CC[C@H](Nc2ncncc2C(=O)c2ccc(-c3ccccc3)o2)C1. The Morgan fingerprint density at radius 1 is 1.19 bits per heavy atom. The van der Waals surface area contributed by atoms with Gasteiger partial charge in [0.2, 0.25) is 5.78 Å². The second-order valence-electron chi connectivity index (χ2n) is 7.44. The molecule has 3 aromatic rings. The maximum atomic E-state index is 13.0. The molecule has 0 amide bonds. The molecule has 31 heavy (non-hydrogen) atoms. The van der Waals surface area contributed by atoms with Crippen LogP contribution in [0.3, 0.4) is 0 Å². The van der Waals surface area contributed by atoms with Gasteiger partial charge in [0.15, 0.2) is 5.76 Å². The molecule has 0 unspecified atom stereocenters. The topological polar surface area (TPSA) is 137 Å². The molecule has 1 aliphatic carbocycles. The molecule has 1 saturated carbocycles. The van der Waals surface area contributed by atoms with Gasteiger partial charge in [-0.15, -0.1) is 0 Å². The Hall–Kier alpha value is -3.08. The van der Waals surface area contributed by atoms with E-state index in [4.69, 9.17) is 13.7 Å². The predicted octanol–water partition coefficient (Wildman–Crippen LogP) is 2.77. The fourth-order valence-corrected chi connectivity index (χ4v) is 4.08. The molecule has 10 heteroatoms. The van der Waals surface area contributed by atoms with Crippen molar-refractivity contribution in [2.75, 3.05) is 11.9 Å². The van der Waals surface area contributed by atoms with Crippen molar-refractivity contribution in [1.29, 1.82) is 0 Å². The number of rotatable bonds is 8. The van der Waals surface area contributed by atoms with E-state index in [0.717, 1.165) is 18.4 Å². The van der Waals surface area contributed by atoms with Crippen LogP contribution in [0, 0.1) is 5.92 Å². The zero-order valence-electron chi connectivity index (χ0n) is 16.6. The van der Waals surface area contributed by atoms with Crippen molar-refractivity contribution in [2.45, 2.75) is 25.3 Å². The number of furan rings is 1. The van der Waals surface area contributed by atoms with Gasteiger partial charge < -0.3 is 9.73 Å². The first-order chi connectivity index (χ1) is 14.9. The molecule has 0 radical (unpaired) electrons. The van der Waals surface area contributed by atoms with Crippen LogP contribution in [0.1, 0.15) is 35.4 Å². The highest BCUT2D eigenvalue weighted by Gasteiger charge is 2.28. The summed E-state index contributed by atoms with van der Waals surface area (Å²) in [6.45, 7) is 0.0429. The van der Waals surface area contributed by atoms with Gasteiger partial charge in [0, 0.05) is 17.8 Å². The van der Waals surface area contributed by atoms with E-state index in [1.807, 2.05) is 30.3 Å². The minimum Gasteiger partial charge on any atom is -0.453 e.